The number of H-pyrrole nitrogens is 1. The third-order valence-corrected chi connectivity index (χ3v) is 3.71. The van der Waals surface area contributed by atoms with Gasteiger partial charge >= 0.3 is 0 Å². The zero-order valence-corrected chi connectivity index (χ0v) is 11.8. The Morgan fingerprint density at radius 1 is 1.09 bits per heavy atom. The van der Waals surface area contributed by atoms with Crippen LogP contribution >= 0.6 is 0 Å². The van der Waals surface area contributed by atoms with Gasteiger partial charge in [0, 0.05) is 29.2 Å². The maximum Gasteiger partial charge on any atom is 0.251 e. The summed E-state index contributed by atoms with van der Waals surface area (Å²) in [6.07, 6.45) is 1.86. The van der Waals surface area contributed by atoms with Gasteiger partial charge in [-0.2, -0.15) is 0 Å². The Balaban J connectivity index is 1.47. The van der Waals surface area contributed by atoms with E-state index >= 15 is 0 Å². The first-order valence-corrected chi connectivity index (χ1v) is 7.03. The molecular formula is C17H14N2O3. The van der Waals surface area contributed by atoms with E-state index in [1.807, 2.05) is 48.7 Å². The van der Waals surface area contributed by atoms with Crippen molar-refractivity contribution in [2.24, 2.45) is 0 Å². The molecule has 0 bridgehead atoms. The molecular weight excluding hydrogens is 280 g/mol. The van der Waals surface area contributed by atoms with Crippen molar-refractivity contribution in [3.05, 3.63) is 59.8 Å². The second-order valence-corrected chi connectivity index (χ2v) is 5.15. The van der Waals surface area contributed by atoms with E-state index in [9.17, 15) is 4.79 Å². The highest BCUT2D eigenvalue weighted by Crippen LogP contribution is 2.32. The molecule has 0 radical (unpaired) electrons. The number of aromatic amines is 1. The Hall–Kier alpha value is -2.95. The summed E-state index contributed by atoms with van der Waals surface area (Å²) in [4.78, 5) is 15.4. The van der Waals surface area contributed by atoms with Crippen LogP contribution < -0.4 is 14.8 Å². The monoisotopic (exact) mass is 294 g/mol. The van der Waals surface area contributed by atoms with Gasteiger partial charge in [0.15, 0.2) is 11.5 Å². The first kappa shape index (κ1) is 12.8. The fourth-order valence-electron chi connectivity index (χ4n) is 2.53. The number of hydrogen-bond donors (Lipinski definition) is 2. The zero-order valence-electron chi connectivity index (χ0n) is 11.8. The van der Waals surface area contributed by atoms with Crippen molar-refractivity contribution in [1.82, 2.24) is 10.3 Å². The molecule has 0 aliphatic carbocycles. The van der Waals surface area contributed by atoms with Gasteiger partial charge in [-0.1, -0.05) is 6.07 Å². The minimum Gasteiger partial charge on any atom is -0.454 e. The smallest absolute Gasteiger partial charge is 0.251 e. The molecule has 110 valence electrons. The van der Waals surface area contributed by atoms with Gasteiger partial charge in [-0.15, -0.1) is 0 Å². The average molecular weight is 294 g/mol. The third-order valence-electron chi connectivity index (χ3n) is 3.71. The van der Waals surface area contributed by atoms with Gasteiger partial charge < -0.3 is 19.8 Å². The summed E-state index contributed by atoms with van der Waals surface area (Å²) in [5, 5.41) is 3.94. The van der Waals surface area contributed by atoms with Crippen LogP contribution in [0.3, 0.4) is 0 Å². The number of aromatic nitrogens is 1. The number of rotatable bonds is 3. The van der Waals surface area contributed by atoms with Crippen LogP contribution in [-0.2, 0) is 6.54 Å². The van der Waals surface area contributed by atoms with Crippen LogP contribution in [0.5, 0.6) is 11.5 Å². The summed E-state index contributed by atoms with van der Waals surface area (Å²) in [6, 6.07) is 13.2. The molecule has 0 spiro atoms. The summed E-state index contributed by atoms with van der Waals surface area (Å²) >= 11 is 0. The van der Waals surface area contributed by atoms with Crippen molar-refractivity contribution < 1.29 is 14.3 Å². The summed E-state index contributed by atoms with van der Waals surface area (Å²) in [7, 11) is 0. The van der Waals surface area contributed by atoms with Crippen molar-refractivity contribution in [3.8, 4) is 11.5 Å². The lowest BCUT2D eigenvalue weighted by atomic mass is 10.1. The van der Waals surface area contributed by atoms with Crippen molar-refractivity contribution in [2.45, 2.75) is 6.54 Å². The molecule has 2 aromatic carbocycles. The lowest BCUT2D eigenvalue weighted by Gasteiger charge is -2.06. The molecule has 0 saturated carbocycles. The quantitative estimate of drug-likeness (QED) is 0.780. The Bertz CT molecular complexity index is 854. The molecule has 22 heavy (non-hydrogen) atoms. The van der Waals surface area contributed by atoms with Crippen molar-refractivity contribution in [2.75, 3.05) is 6.79 Å². The van der Waals surface area contributed by atoms with E-state index in [2.05, 4.69) is 10.3 Å². The van der Waals surface area contributed by atoms with Gasteiger partial charge in [0.05, 0.1) is 0 Å². The van der Waals surface area contributed by atoms with E-state index < -0.39 is 0 Å². The Kier molecular flexibility index (Phi) is 2.96. The average Bonchev–Trinajstić information content (AvgIpc) is 3.19. The zero-order chi connectivity index (χ0) is 14.9. The maximum absolute atomic E-state index is 12.2. The topological polar surface area (TPSA) is 63.4 Å². The number of carbonyl (C=O) groups excluding carboxylic acids is 1. The molecule has 1 aromatic heterocycles. The molecule has 5 heteroatoms. The molecule has 1 amide bonds. The largest absolute Gasteiger partial charge is 0.454 e. The predicted molar refractivity (Wildman–Crippen MR) is 82.0 cm³/mol. The molecule has 2 N–H and O–H groups in total. The molecule has 5 nitrogen and oxygen atoms in total. The van der Waals surface area contributed by atoms with Crippen LogP contribution in [-0.4, -0.2) is 17.7 Å². The van der Waals surface area contributed by atoms with Gasteiger partial charge in [0.25, 0.3) is 5.91 Å². The molecule has 4 rings (SSSR count). The number of benzene rings is 2. The Labute approximate surface area is 126 Å². The summed E-state index contributed by atoms with van der Waals surface area (Å²) in [5.41, 5.74) is 2.64. The highest BCUT2D eigenvalue weighted by molar-refractivity contribution is 5.98. The first-order valence-electron chi connectivity index (χ1n) is 7.03. The summed E-state index contributed by atoms with van der Waals surface area (Å²) in [5.74, 6) is 1.37. The first-order chi connectivity index (χ1) is 10.8. The molecule has 2 heterocycles. The molecule has 0 atom stereocenters. The molecule has 0 saturated heterocycles. The second kappa shape index (κ2) is 5.11. The molecule has 0 unspecified atom stereocenters. The Morgan fingerprint density at radius 2 is 2.00 bits per heavy atom. The van der Waals surface area contributed by atoms with Crippen LogP contribution in [0.15, 0.2) is 48.7 Å². The van der Waals surface area contributed by atoms with Gasteiger partial charge in [-0.3, -0.25) is 4.79 Å². The minimum atomic E-state index is -0.0965. The van der Waals surface area contributed by atoms with Gasteiger partial charge in [0.1, 0.15) is 0 Å². The SMILES string of the molecule is O=C(NCc1ccc2c(c1)OCO2)c1ccc2[nH]ccc2c1. The van der Waals surface area contributed by atoms with Crippen LogP contribution in [0.25, 0.3) is 10.9 Å². The molecule has 1 aliphatic heterocycles. The van der Waals surface area contributed by atoms with E-state index in [-0.39, 0.29) is 12.7 Å². The molecule has 0 fully saturated rings. The fraction of sp³-hybridized carbons (Fsp3) is 0.118. The van der Waals surface area contributed by atoms with Crippen molar-refractivity contribution >= 4 is 16.8 Å². The summed E-state index contributed by atoms with van der Waals surface area (Å²) in [6.45, 7) is 0.697. The lowest BCUT2D eigenvalue weighted by molar-refractivity contribution is 0.0951. The van der Waals surface area contributed by atoms with Crippen LogP contribution in [0.1, 0.15) is 15.9 Å². The number of hydrogen-bond acceptors (Lipinski definition) is 3. The number of amides is 1. The predicted octanol–water partition coefficient (Wildman–Crippen LogP) is 2.83. The number of carbonyl (C=O) groups is 1. The van der Waals surface area contributed by atoms with Crippen LogP contribution in [0.2, 0.25) is 0 Å². The van der Waals surface area contributed by atoms with E-state index in [4.69, 9.17) is 9.47 Å². The summed E-state index contributed by atoms with van der Waals surface area (Å²) < 4.78 is 10.6. The molecule has 3 aromatic rings. The Morgan fingerprint density at radius 3 is 2.95 bits per heavy atom. The van der Waals surface area contributed by atoms with Crippen molar-refractivity contribution in [3.63, 3.8) is 0 Å². The third kappa shape index (κ3) is 2.26. The van der Waals surface area contributed by atoms with E-state index in [0.29, 0.717) is 12.1 Å². The highest BCUT2D eigenvalue weighted by Gasteiger charge is 2.13. The van der Waals surface area contributed by atoms with E-state index in [1.54, 1.807) is 0 Å². The minimum absolute atomic E-state index is 0.0965. The lowest BCUT2D eigenvalue weighted by Crippen LogP contribution is -2.22. The standard InChI is InChI=1S/C17H14N2O3/c20-17(13-2-3-14-12(8-13)5-6-18-14)19-9-11-1-4-15-16(7-11)22-10-21-15/h1-8,18H,9-10H2,(H,19,20). The van der Waals surface area contributed by atoms with E-state index in [1.165, 1.54) is 0 Å². The van der Waals surface area contributed by atoms with Gasteiger partial charge in [-0.25, -0.2) is 0 Å². The second-order valence-electron chi connectivity index (χ2n) is 5.15. The normalized spacial score (nSPS) is 12.5. The van der Waals surface area contributed by atoms with Gasteiger partial charge in [-0.05, 0) is 42.0 Å². The highest BCUT2D eigenvalue weighted by atomic mass is 16.7. The van der Waals surface area contributed by atoms with Gasteiger partial charge in [0.2, 0.25) is 6.79 Å². The maximum atomic E-state index is 12.2. The van der Waals surface area contributed by atoms with E-state index in [0.717, 1.165) is 28.0 Å². The van der Waals surface area contributed by atoms with Crippen LogP contribution in [0, 0.1) is 0 Å². The number of fused-ring (bicyclic) bond motifs is 2. The molecule has 1 aliphatic rings. The van der Waals surface area contributed by atoms with Crippen LogP contribution in [0.4, 0.5) is 0 Å². The number of nitrogens with one attached hydrogen (secondary N) is 2. The number of ether oxygens (including phenoxy) is 2. The fourth-order valence-corrected chi connectivity index (χ4v) is 2.53. The van der Waals surface area contributed by atoms with Crippen molar-refractivity contribution in [1.29, 1.82) is 0 Å².